The van der Waals surface area contributed by atoms with E-state index in [0.29, 0.717) is 19.4 Å². The van der Waals surface area contributed by atoms with Crippen LogP contribution in [0.5, 0.6) is 0 Å². The molecule has 0 unspecified atom stereocenters. The topological polar surface area (TPSA) is 51.3 Å². The first kappa shape index (κ1) is 17.1. The fourth-order valence-electron chi connectivity index (χ4n) is 3.24. The number of furan rings is 1. The van der Waals surface area contributed by atoms with Crippen LogP contribution in [0.1, 0.15) is 18.0 Å². The molecule has 2 aromatic heterocycles. The van der Waals surface area contributed by atoms with E-state index in [9.17, 15) is 4.79 Å². The second-order valence-electron chi connectivity index (χ2n) is 6.52. The lowest BCUT2D eigenvalue weighted by Crippen LogP contribution is -2.26. The Morgan fingerprint density at radius 1 is 1.04 bits per heavy atom. The van der Waals surface area contributed by atoms with Crippen molar-refractivity contribution in [1.82, 2.24) is 14.5 Å². The van der Waals surface area contributed by atoms with E-state index in [4.69, 9.17) is 9.40 Å². The molecule has 1 amide bonds. The van der Waals surface area contributed by atoms with Crippen molar-refractivity contribution in [2.24, 2.45) is 0 Å². The third-order valence-electron chi connectivity index (χ3n) is 4.61. The Morgan fingerprint density at radius 2 is 1.81 bits per heavy atom. The van der Waals surface area contributed by atoms with Gasteiger partial charge in [-0.3, -0.25) is 9.36 Å². The largest absolute Gasteiger partial charge is 0.467 e. The van der Waals surface area contributed by atoms with Crippen LogP contribution in [0, 0.1) is 0 Å². The lowest BCUT2D eigenvalue weighted by molar-refractivity contribution is -0.130. The summed E-state index contributed by atoms with van der Waals surface area (Å²) in [4.78, 5) is 19.0. The molecule has 0 aliphatic carbocycles. The van der Waals surface area contributed by atoms with E-state index in [1.54, 1.807) is 18.2 Å². The van der Waals surface area contributed by atoms with Crippen LogP contribution in [0.2, 0.25) is 0 Å². The summed E-state index contributed by atoms with van der Waals surface area (Å²) in [5.41, 5.74) is 3.04. The minimum atomic E-state index is 0.0677. The molecule has 5 nitrogen and oxygen atoms in total. The van der Waals surface area contributed by atoms with Gasteiger partial charge in [0, 0.05) is 25.6 Å². The van der Waals surface area contributed by atoms with E-state index >= 15 is 0 Å². The minimum absolute atomic E-state index is 0.0677. The van der Waals surface area contributed by atoms with Gasteiger partial charge < -0.3 is 9.32 Å². The molecule has 5 heteroatoms. The van der Waals surface area contributed by atoms with Gasteiger partial charge >= 0.3 is 0 Å². The van der Waals surface area contributed by atoms with Gasteiger partial charge in [-0.15, -0.1) is 0 Å². The van der Waals surface area contributed by atoms with Gasteiger partial charge in [-0.05, 0) is 36.4 Å². The predicted octanol–water partition coefficient (Wildman–Crippen LogP) is 4.21. The quantitative estimate of drug-likeness (QED) is 0.518. The minimum Gasteiger partial charge on any atom is -0.467 e. The second kappa shape index (κ2) is 7.50. The molecule has 2 aromatic carbocycles. The summed E-state index contributed by atoms with van der Waals surface area (Å²) in [6.07, 6.45) is 2.59. The zero-order valence-corrected chi connectivity index (χ0v) is 15.2. The van der Waals surface area contributed by atoms with Crippen molar-refractivity contribution in [3.63, 3.8) is 0 Å². The fourth-order valence-corrected chi connectivity index (χ4v) is 3.24. The molecule has 0 N–H and O–H groups in total. The summed E-state index contributed by atoms with van der Waals surface area (Å²) in [6.45, 7) is 0.473. The number of imidazole rings is 1. The summed E-state index contributed by atoms with van der Waals surface area (Å²) in [5.74, 6) is 1.74. The van der Waals surface area contributed by atoms with Crippen molar-refractivity contribution >= 4 is 16.9 Å². The SMILES string of the molecule is CN(Cc1ccco1)C(=O)CCc1nc2ccccc2n1-c1ccccc1. The predicted molar refractivity (Wildman–Crippen MR) is 105 cm³/mol. The lowest BCUT2D eigenvalue weighted by atomic mass is 10.2. The van der Waals surface area contributed by atoms with Crippen molar-refractivity contribution in [3.8, 4) is 5.69 Å². The molecular weight excluding hydrogens is 338 g/mol. The molecule has 2 heterocycles. The number of carbonyl (C=O) groups excluding carboxylic acids is 1. The number of hydrogen-bond acceptors (Lipinski definition) is 3. The molecule has 0 radical (unpaired) electrons. The maximum Gasteiger partial charge on any atom is 0.223 e. The molecule has 136 valence electrons. The van der Waals surface area contributed by atoms with Crippen LogP contribution in [-0.2, 0) is 17.8 Å². The van der Waals surface area contributed by atoms with Crippen molar-refractivity contribution in [3.05, 3.63) is 84.6 Å². The average Bonchev–Trinajstić information content (AvgIpc) is 3.33. The zero-order chi connectivity index (χ0) is 18.6. The fraction of sp³-hybridized carbons (Fsp3) is 0.182. The summed E-state index contributed by atoms with van der Waals surface area (Å²) in [5, 5.41) is 0. The number of carbonyl (C=O) groups is 1. The standard InChI is InChI=1S/C22H21N3O2/c1-24(16-18-10-7-15-27-18)22(26)14-13-21-23-19-11-5-6-12-20(19)25(21)17-8-3-2-4-9-17/h2-12,15H,13-14,16H2,1H3. The van der Waals surface area contributed by atoms with Crippen LogP contribution in [-0.4, -0.2) is 27.4 Å². The highest BCUT2D eigenvalue weighted by Crippen LogP contribution is 2.22. The van der Waals surface area contributed by atoms with E-state index in [1.165, 1.54) is 0 Å². The maximum absolute atomic E-state index is 12.6. The van der Waals surface area contributed by atoms with Gasteiger partial charge in [-0.25, -0.2) is 4.98 Å². The third kappa shape index (κ3) is 3.62. The molecule has 4 rings (SSSR count). The number of aryl methyl sites for hydroxylation is 1. The summed E-state index contributed by atoms with van der Waals surface area (Å²) >= 11 is 0. The highest BCUT2D eigenvalue weighted by Gasteiger charge is 2.16. The van der Waals surface area contributed by atoms with Gasteiger partial charge in [0.05, 0.1) is 23.8 Å². The molecule has 0 bridgehead atoms. The monoisotopic (exact) mass is 359 g/mol. The molecule has 0 aliphatic rings. The average molecular weight is 359 g/mol. The van der Waals surface area contributed by atoms with Crippen LogP contribution >= 0.6 is 0 Å². The van der Waals surface area contributed by atoms with Gasteiger partial charge in [0.1, 0.15) is 11.6 Å². The van der Waals surface area contributed by atoms with Crippen LogP contribution in [0.25, 0.3) is 16.7 Å². The first-order valence-electron chi connectivity index (χ1n) is 9.00. The van der Waals surface area contributed by atoms with Crippen LogP contribution < -0.4 is 0 Å². The zero-order valence-electron chi connectivity index (χ0n) is 15.2. The highest BCUT2D eigenvalue weighted by molar-refractivity contribution is 5.79. The van der Waals surface area contributed by atoms with Crippen molar-refractivity contribution in [2.45, 2.75) is 19.4 Å². The first-order valence-corrected chi connectivity index (χ1v) is 9.00. The molecule has 0 atom stereocenters. The Morgan fingerprint density at radius 3 is 2.59 bits per heavy atom. The number of amides is 1. The van der Waals surface area contributed by atoms with Gasteiger partial charge in [0.15, 0.2) is 0 Å². The van der Waals surface area contributed by atoms with E-state index in [0.717, 1.165) is 28.3 Å². The van der Waals surface area contributed by atoms with Crippen LogP contribution in [0.3, 0.4) is 0 Å². The Labute approximate surface area is 157 Å². The first-order chi connectivity index (χ1) is 13.2. The highest BCUT2D eigenvalue weighted by atomic mass is 16.3. The summed E-state index contributed by atoms with van der Waals surface area (Å²) < 4.78 is 7.46. The van der Waals surface area contributed by atoms with Gasteiger partial charge in [0.2, 0.25) is 5.91 Å². The molecule has 0 fully saturated rings. The molecule has 0 aliphatic heterocycles. The molecule has 0 saturated heterocycles. The Bertz CT molecular complexity index is 1040. The number of fused-ring (bicyclic) bond motifs is 1. The Kier molecular flexibility index (Phi) is 4.75. The normalized spacial score (nSPS) is 11.0. The molecule has 0 spiro atoms. The number of aromatic nitrogens is 2. The molecule has 4 aromatic rings. The number of rotatable bonds is 6. The lowest BCUT2D eigenvalue weighted by Gasteiger charge is -2.16. The maximum atomic E-state index is 12.6. The summed E-state index contributed by atoms with van der Waals surface area (Å²) in [7, 11) is 1.80. The van der Waals surface area contributed by atoms with E-state index in [1.807, 2.05) is 48.5 Å². The van der Waals surface area contributed by atoms with E-state index < -0.39 is 0 Å². The van der Waals surface area contributed by atoms with Gasteiger partial charge in [-0.1, -0.05) is 30.3 Å². The number of hydrogen-bond donors (Lipinski definition) is 0. The molecule has 27 heavy (non-hydrogen) atoms. The Hall–Kier alpha value is -3.34. The van der Waals surface area contributed by atoms with Gasteiger partial charge in [-0.2, -0.15) is 0 Å². The van der Waals surface area contributed by atoms with E-state index in [2.05, 4.69) is 22.8 Å². The summed E-state index contributed by atoms with van der Waals surface area (Å²) in [6, 6.07) is 21.9. The van der Waals surface area contributed by atoms with Crippen molar-refractivity contribution < 1.29 is 9.21 Å². The van der Waals surface area contributed by atoms with E-state index in [-0.39, 0.29) is 5.91 Å². The Balaban J connectivity index is 1.56. The van der Waals surface area contributed by atoms with Gasteiger partial charge in [0.25, 0.3) is 0 Å². The van der Waals surface area contributed by atoms with Crippen LogP contribution in [0.15, 0.2) is 77.4 Å². The molecular formula is C22H21N3O2. The second-order valence-corrected chi connectivity index (χ2v) is 6.52. The molecule has 0 saturated carbocycles. The number of nitrogens with zero attached hydrogens (tertiary/aromatic N) is 3. The smallest absolute Gasteiger partial charge is 0.223 e. The number of benzene rings is 2. The van der Waals surface area contributed by atoms with Crippen LogP contribution in [0.4, 0.5) is 0 Å². The third-order valence-corrected chi connectivity index (χ3v) is 4.61. The van der Waals surface area contributed by atoms with Crippen molar-refractivity contribution in [2.75, 3.05) is 7.05 Å². The van der Waals surface area contributed by atoms with Crippen molar-refractivity contribution in [1.29, 1.82) is 0 Å². The number of para-hydroxylation sites is 3.